The molecular weight excluding hydrogens is 176 g/mol. The molecule has 2 aromatic rings. The van der Waals surface area contributed by atoms with Gasteiger partial charge >= 0.3 is 0 Å². The average Bonchev–Trinajstić information content (AvgIpc) is 2.49. The van der Waals surface area contributed by atoms with E-state index in [1.165, 1.54) is 0 Å². The van der Waals surface area contributed by atoms with Crippen molar-refractivity contribution in [2.75, 3.05) is 0 Å². The third-order valence-corrected chi connectivity index (χ3v) is 1.97. The quantitative estimate of drug-likeness (QED) is 0.632. The van der Waals surface area contributed by atoms with Gasteiger partial charge in [0.05, 0.1) is 5.02 Å². The minimum Gasteiger partial charge on any atom is -0.453 e. The largest absolute Gasteiger partial charge is 0.453 e. The molecule has 0 radical (unpaired) electrons. The molecule has 0 N–H and O–H groups in total. The van der Waals surface area contributed by atoms with Crippen LogP contribution in [-0.4, -0.2) is 6.29 Å². The van der Waals surface area contributed by atoms with E-state index in [1.807, 2.05) is 0 Å². The van der Waals surface area contributed by atoms with Crippen LogP contribution in [0.4, 0.5) is 0 Å². The number of benzene rings is 1. The molecule has 0 aliphatic heterocycles. The van der Waals surface area contributed by atoms with Crippen molar-refractivity contribution in [2.24, 2.45) is 0 Å². The summed E-state index contributed by atoms with van der Waals surface area (Å²) in [4.78, 5) is 10.4. The molecule has 1 aromatic heterocycles. The van der Waals surface area contributed by atoms with Gasteiger partial charge in [0.25, 0.3) is 0 Å². The number of aldehydes is 1. The maximum absolute atomic E-state index is 10.4. The summed E-state index contributed by atoms with van der Waals surface area (Å²) in [6, 6.07) is 6.94. The Morgan fingerprint density at radius 2 is 2.25 bits per heavy atom. The van der Waals surface area contributed by atoms with Gasteiger partial charge in [-0.1, -0.05) is 17.7 Å². The minimum atomic E-state index is 0.304. The van der Waals surface area contributed by atoms with E-state index >= 15 is 0 Å². The summed E-state index contributed by atoms with van der Waals surface area (Å²) in [7, 11) is 0. The standard InChI is InChI=1S/C9H5ClO2/c10-8-2-1-3-9-7(8)4-6(5-11)12-9/h1-5H. The molecule has 2 nitrogen and oxygen atoms in total. The maximum atomic E-state index is 10.4. The number of rotatable bonds is 1. The monoisotopic (exact) mass is 180 g/mol. The number of halogens is 1. The van der Waals surface area contributed by atoms with Gasteiger partial charge in [0.15, 0.2) is 12.0 Å². The van der Waals surface area contributed by atoms with Crippen LogP contribution < -0.4 is 0 Å². The van der Waals surface area contributed by atoms with Crippen LogP contribution >= 0.6 is 11.6 Å². The number of hydrogen-bond acceptors (Lipinski definition) is 2. The Hall–Kier alpha value is -1.28. The molecule has 0 saturated heterocycles. The summed E-state index contributed by atoms with van der Waals surface area (Å²) < 4.78 is 5.15. The minimum absolute atomic E-state index is 0.304. The Bertz CT molecular complexity index is 431. The van der Waals surface area contributed by atoms with E-state index in [9.17, 15) is 4.79 Å². The fraction of sp³-hybridized carbons (Fsp3) is 0. The van der Waals surface area contributed by atoms with Gasteiger partial charge in [-0.05, 0) is 18.2 Å². The van der Waals surface area contributed by atoms with E-state index in [1.54, 1.807) is 24.3 Å². The molecule has 12 heavy (non-hydrogen) atoms. The number of hydrogen-bond donors (Lipinski definition) is 0. The molecule has 0 bridgehead atoms. The Balaban J connectivity index is 2.82. The van der Waals surface area contributed by atoms with Gasteiger partial charge in [0, 0.05) is 5.39 Å². The van der Waals surface area contributed by atoms with Gasteiger partial charge in [-0.3, -0.25) is 4.79 Å². The first-order chi connectivity index (χ1) is 5.81. The van der Waals surface area contributed by atoms with E-state index in [2.05, 4.69) is 0 Å². The van der Waals surface area contributed by atoms with Gasteiger partial charge in [-0.15, -0.1) is 0 Å². The summed E-state index contributed by atoms with van der Waals surface area (Å²) in [5, 5.41) is 1.38. The Kier molecular flexibility index (Phi) is 1.62. The highest BCUT2D eigenvalue weighted by molar-refractivity contribution is 6.35. The maximum Gasteiger partial charge on any atom is 0.185 e. The molecular formula is C9H5ClO2. The number of furan rings is 1. The molecule has 0 saturated carbocycles. The summed E-state index contributed by atoms with van der Waals surface area (Å²) in [5.41, 5.74) is 0.643. The average molecular weight is 181 g/mol. The predicted molar refractivity (Wildman–Crippen MR) is 46.6 cm³/mol. The van der Waals surface area contributed by atoms with Crippen molar-refractivity contribution < 1.29 is 9.21 Å². The second-order valence-corrected chi connectivity index (χ2v) is 2.83. The van der Waals surface area contributed by atoms with Gasteiger partial charge in [-0.25, -0.2) is 0 Å². The van der Waals surface area contributed by atoms with E-state index in [4.69, 9.17) is 16.0 Å². The third-order valence-electron chi connectivity index (χ3n) is 1.64. The van der Waals surface area contributed by atoms with Crippen LogP contribution in [0, 0.1) is 0 Å². The lowest BCUT2D eigenvalue weighted by molar-refractivity contribution is 0.110. The highest BCUT2D eigenvalue weighted by atomic mass is 35.5. The highest BCUT2D eigenvalue weighted by Crippen LogP contribution is 2.25. The highest BCUT2D eigenvalue weighted by Gasteiger charge is 2.04. The van der Waals surface area contributed by atoms with Gasteiger partial charge in [-0.2, -0.15) is 0 Å². The zero-order valence-electron chi connectivity index (χ0n) is 6.08. The molecule has 0 aliphatic carbocycles. The van der Waals surface area contributed by atoms with Crippen molar-refractivity contribution in [3.8, 4) is 0 Å². The van der Waals surface area contributed by atoms with Crippen molar-refractivity contribution in [3.05, 3.63) is 35.0 Å². The van der Waals surface area contributed by atoms with Gasteiger partial charge in [0.1, 0.15) is 5.58 Å². The lowest BCUT2D eigenvalue weighted by Gasteiger charge is -1.88. The molecule has 0 amide bonds. The fourth-order valence-corrected chi connectivity index (χ4v) is 1.32. The van der Waals surface area contributed by atoms with Crippen molar-refractivity contribution >= 4 is 28.9 Å². The fourth-order valence-electron chi connectivity index (χ4n) is 1.10. The number of carbonyl (C=O) groups is 1. The molecule has 0 unspecified atom stereocenters. The second kappa shape index (κ2) is 2.64. The van der Waals surface area contributed by atoms with Crippen molar-refractivity contribution in [3.63, 3.8) is 0 Å². The zero-order valence-corrected chi connectivity index (χ0v) is 6.84. The van der Waals surface area contributed by atoms with Crippen LogP contribution in [0.5, 0.6) is 0 Å². The lowest BCUT2D eigenvalue weighted by atomic mass is 10.2. The molecule has 0 atom stereocenters. The van der Waals surface area contributed by atoms with E-state index in [0.717, 1.165) is 5.39 Å². The molecule has 1 aromatic carbocycles. The smallest absolute Gasteiger partial charge is 0.185 e. The van der Waals surface area contributed by atoms with Gasteiger partial charge < -0.3 is 4.42 Å². The molecule has 0 fully saturated rings. The first-order valence-electron chi connectivity index (χ1n) is 3.44. The molecule has 1 heterocycles. The van der Waals surface area contributed by atoms with Crippen LogP contribution in [0.1, 0.15) is 10.6 Å². The summed E-state index contributed by atoms with van der Waals surface area (Å²) in [6.45, 7) is 0. The van der Waals surface area contributed by atoms with E-state index in [-0.39, 0.29) is 0 Å². The van der Waals surface area contributed by atoms with Crippen LogP contribution in [0.25, 0.3) is 11.0 Å². The molecule has 2 rings (SSSR count). The van der Waals surface area contributed by atoms with Crippen molar-refractivity contribution in [2.45, 2.75) is 0 Å². The molecule has 0 spiro atoms. The van der Waals surface area contributed by atoms with Crippen LogP contribution in [0.2, 0.25) is 5.02 Å². The number of fused-ring (bicyclic) bond motifs is 1. The topological polar surface area (TPSA) is 30.2 Å². The lowest BCUT2D eigenvalue weighted by Crippen LogP contribution is -1.66. The first kappa shape index (κ1) is 7.37. The predicted octanol–water partition coefficient (Wildman–Crippen LogP) is 2.90. The Morgan fingerprint density at radius 3 is 2.92 bits per heavy atom. The van der Waals surface area contributed by atoms with E-state index < -0.39 is 0 Å². The Morgan fingerprint density at radius 1 is 1.42 bits per heavy atom. The normalized spacial score (nSPS) is 10.4. The molecule has 0 aliphatic rings. The summed E-state index contributed by atoms with van der Waals surface area (Å²) >= 11 is 5.85. The van der Waals surface area contributed by atoms with Crippen LogP contribution in [0.15, 0.2) is 28.7 Å². The van der Waals surface area contributed by atoms with E-state index in [0.29, 0.717) is 22.7 Å². The Labute approximate surface area is 73.7 Å². The summed E-state index contributed by atoms with van der Waals surface area (Å²) in [5.74, 6) is 0.304. The second-order valence-electron chi connectivity index (χ2n) is 2.42. The van der Waals surface area contributed by atoms with Crippen LogP contribution in [0.3, 0.4) is 0 Å². The third kappa shape index (κ3) is 1.01. The van der Waals surface area contributed by atoms with Crippen molar-refractivity contribution in [1.82, 2.24) is 0 Å². The molecule has 60 valence electrons. The number of carbonyl (C=O) groups excluding carboxylic acids is 1. The van der Waals surface area contributed by atoms with Crippen LogP contribution in [-0.2, 0) is 0 Å². The first-order valence-corrected chi connectivity index (χ1v) is 3.82. The zero-order chi connectivity index (χ0) is 8.55. The van der Waals surface area contributed by atoms with Crippen molar-refractivity contribution in [1.29, 1.82) is 0 Å². The summed E-state index contributed by atoms with van der Waals surface area (Å²) in [6.07, 6.45) is 0.663. The molecule has 3 heteroatoms. The SMILES string of the molecule is O=Cc1cc2c(Cl)cccc2o1. The van der Waals surface area contributed by atoms with Gasteiger partial charge in [0.2, 0.25) is 0 Å².